The summed E-state index contributed by atoms with van der Waals surface area (Å²) >= 11 is 1.67. The number of nitriles is 1. The molecule has 0 aliphatic carbocycles. The van der Waals surface area contributed by atoms with Crippen LogP contribution in [-0.2, 0) is 9.53 Å². The van der Waals surface area contributed by atoms with Crippen LogP contribution in [0, 0.1) is 23.0 Å². The summed E-state index contributed by atoms with van der Waals surface area (Å²) in [6.07, 6.45) is 0.0505. The topological polar surface area (TPSA) is 103 Å². The second kappa shape index (κ2) is 9.52. The zero-order chi connectivity index (χ0) is 21.8. The minimum Gasteiger partial charge on any atom is -0.427 e. The molecule has 1 aliphatic heterocycles. The zero-order valence-electron chi connectivity index (χ0n) is 16.1. The molecule has 0 spiro atoms. The van der Waals surface area contributed by atoms with E-state index in [1.807, 2.05) is 0 Å². The molecule has 0 saturated carbocycles. The van der Waals surface area contributed by atoms with Gasteiger partial charge in [0.2, 0.25) is 11.9 Å². The number of amides is 2. The molecule has 9 nitrogen and oxygen atoms in total. The fourth-order valence-electron chi connectivity index (χ4n) is 3.03. The molecule has 160 valence electrons. The van der Waals surface area contributed by atoms with Gasteiger partial charge in [-0.25, -0.2) is 26.2 Å². The Kier molecular flexibility index (Phi) is 7.03. The summed E-state index contributed by atoms with van der Waals surface area (Å²) in [5.74, 6) is -2.34. The molecular formula is C18H19F2IN6O3. The Morgan fingerprint density at radius 2 is 2.10 bits per heavy atom. The van der Waals surface area contributed by atoms with Gasteiger partial charge in [-0.15, -0.1) is 0 Å². The number of rotatable bonds is 5. The van der Waals surface area contributed by atoms with Crippen LogP contribution in [0.1, 0.15) is 25.3 Å². The highest BCUT2D eigenvalue weighted by atomic mass is 127. The molecule has 12 heteroatoms. The van der Waals surface area contributed by atoms with Crippen LogP contribution in [0.25, 0.3) is 11.0 Å². The number of anilines is 1. The molecule has 2 amide bonds. The number of hydrogen-bond donors (Lipinski definition) is 1. The molecule has 30 heavy (non-hydrogen) atoms. The smallest absolute Gasteiger partial charge is 0.411 e. The lowest BCUT2D eigenvalue weighted by molar-refractivity contribution is -0.119. The van der Waals surface area contributed by atoms with Crippen molar-refractivity contribution < 1.29 is 23.1 Å². The lowest BCUT2D eigenvalue weighted by Crippen LogP contribution is -2.47. The summed E-state index contributed by atoms with van der Waals surface area (Å²) in [7, 11) is 0. The molecule has 1 aromatic carbocycles. The standard InChI is InChI=1S/C18H19F2IN6O3/c1-2-3-13(28)26(10-30-18(29)25-6-4-23-5-7-25)17-24-15-12(19)8-11(9-22)14(20)16(15)27(17)21/h8,23H,2-7,10H2,1H3. The Hall–Kier alpha value is -2.53. The van der Waals surface area contributed by atoms with E-state index in [0.29, 0.717) is 32.6 Å². The second-order valence-corrected chi connectivity index (χ2v) is 7.53. The first-order valence-corrected chi connectivity index (χ1v) is 10.2. The summed E-state index contributed by atoms with van der Waals surface area (Å²) in [5, 5.41) is 12.1. The van der Waals surface area contributed by atoms with Crippen LogP contribution in [-0.4, -0.2) is 57.6 Å². The third-order valence-electron chi connectivity index (χ3n) is 4.57. The van der Waals surface area contributed by atoms with Gasteiger partial charge in [0.25, 0.3) is 0 Å². The number of carbonyl (C=O) groups is 2. The Balaban J connectivity index is 1.95. The molecule has 0 atom stereocenters. The van der Waals surface area contributed by atoms with Crippen molar-refractivity contribution in [1.82, 2.24) is 18.0 Å². The summed E-state index contributed by atoms with van der Waals surface area (Å²) in [5.41, 5.74) is -1.05. The van der Waals surface area contributed by atoms with E-state index in [-0.39, 0.29) is 23.4 Å². The summed E-state index contributed by atoms with van der Waals surface area (Å²) < 4.78 is 35.5. The lowest BCUT2D eigenvalue weighted by atomic mass is 10.2. The normalized spacial score (nSPS) is 13.9. The Morgan fingerprint density at radius 3 is 2.73 bits per heavy atom. The highest BCUT2D eigenvalue weighted by Crippen LogP contribution is 2.31. The van der Waals surface area contributed by atoms with Gasteiger partial charge in [0.05, 0.1) is 28.4 Å². The number of halogens is 3. The SMILES string of the molecule is CCCC(=O)N(COC(=O)N1CCNCC1)c1nc2c(F)cc(C#N)c(F)c2n1I. The van der Waals surface area contributed by atoms with Crippen molar-refractivity contribution in [3.05, 3.63) is 23.3 Å². The van der Waals surface area contributed by atoms with E-state index < -0.39 is 35.9 Å². The summed E-state index contributed by atoms with van der Waals surface area (Å²) in [6, 6.07) is 2.35. The highest BCUT2D eigenvalue weighted by molar-refractivity contribution is 14.1. The molecule has 1 saturated heterocycles. The van der Waals surface area contributed by atoms with Crippen LogP contribution in [0.4, 0.5) is 19.5 Å². The van der Waals surface area contributed by atoms with Crippen LogP contribution < -0.4 is 10.2 Å². The van der Waals surface area contributed by atoms with Crippen LogP contribution in [0.5, 0.6) is 0 Å². The van der Waals surface area contributed by atoms with Crippen molar-refractivity contribution >= 4 is 51.8 Å². The van der Waals surface area contributed by atoms with E-state index in [4.69, 9.17) is 10.00 Å². The van der Waals surface area contributed by atoms with Gasteiger partial charge >= 0.3 is 6.09 Å². The molecule has 3 rings (SSSR count). The van der Waals surface area contributed by atoms with Crippen LogP contribution >= 0.6 is 22.9 Å². The van der Waals surface area contributed by atoms with Crippen molar-refractivity contribution in [3.63, 3.8) is 0 Å². The first kappa shape index (κ1) is 22.2. The maximum atomic E-state index is 14.6. The van der Waals surface area contributed by atoms with Gasteiger partial charge < -0.3 is 15.0 Å². The summed E-state index contributed by atoms with van der Waals surface area (Å²) in [4.78, 5) is 31.6. The van der Waals surface area contributed by atoms with Crippen molar-refractivity contribution in [2.45, 2.75) is 19.8 Å². The van der Waals surface area contributed by atoms with E-state index >= 15 is 0 Å². The molecule has 1 N–H and O–H groups in total. The number of aromatic nitrogens is 2. The minimum atomic E-state index is -0.942. The van der Waals surface area contributed by atoms with Gasteiger partial charge in [-0.05, 0) is 12.5 Å². The van der Waals surface area contributed by atoms with Crippen LogP contribution in [0.15, 0.2) is 6.07 Å². The van der Waals surface area contributed by atoms with E-state index in [1.165, 1.54) is 4.90 Å². The van der Waals surface area contributed by atoms with Gasteiger partial charge in [-0.1, -0.05) is 6.92 Å². The average Bonchev–Trinajstić information content (AvgIpc) is 3.09. The largest absolute Gasteiger partial charge is 0.427 e. The molecule has 0 unspecified atom stereocenters. The summed E-state index contributed by atoms with van der Waals surface area (Å²) in [6.45, 7) is 3.56. The number of piperazine rings is 1. The number of nitrogens with one attached hydrogen (secondary N) is 1. The maximum Gasteiger partial charge on any atom is 0.411 e. The number of imidazole rings is 1. The number of hydrogen-bond acceptors (Lipinski definition) is 6. The molecule has 1 aromatic heterocycles. The number of carbonyl (C=O) groups excluding carboxylic acids is 2. The Labute approximate surface area is 185 Å². The van der Waals surface area contributed by atoms with E-state index in [1.54, 1.807) is 35.9 Å². The highest BCUT2D eigenvalue weighted by Gasteiger charge is 2.28. The Bertz CT molecular complexity index is 1020. The fraction of sp³-hybridized carbons (Fsp3) is 0.444. The molecule has 0 radical (unpaired) electrons. The number of ether oxygens (including phenoxy) is 1. The maximum absolute atomic E-state index is 14.6. The lowest BCUT2D eigenvalue weighted by Gasteiger charge is -2.28. The van der Waals surface area contributed by atoms with Crippen LogP contribution in [0.2, 0.25) is 0 Å². The quantitative estimate of drug-likeness (QED) is 0.469. The van der Waals surface area contributed by atoms with Gasteiger partial charge in [-0.2, -0.15) is 5.26 Å². The number of fused-ring (bicyclic) bond motifs is 1. The van der Waals surface area contributed by atoms with E-state index in [0.717, 1.165) is 13.7 Å². The van der Waals surface area contributed by atoms with Gasteiger partial charge in [-0.3, -0.25) is 4.79 Å². The monoisotopic (exact) mass is 532 g/mol. The van der Waals surface area contributed by atoms with Crippen molar-refractivity contribution in [1.29, 1.82) is 5.26 Å². The van der Waals surface area contributed by atoms with Crippen molar-refractivity contribution in [2.24, 2.45) is 0 Å². The third kappa shape index (κ3) is 4.31. The second-order valence-electron chi connectivity index (χ2n) is 6.57. The third-order valence-corrected chi connectivity index (χ3v) is 5.48. The Morgan fingerprint density at radius 1 is 1.40 bits per heavy atom. The van der Waals surface area contributed by atoms with E-state index in [9.17, 15) is 18.4 Å². The average molecular weight is 532 g/mol. The minimum absolute atomic E-state index is 0.0925. The zero-order valence-corrected chi connectivity index (χ0v) is 18.3. The molecular weight excluding hydrogens is 513 g/mol. The first-order chi connectivity index (χ1) is 14.4. The molecule has 0 bridgehead atoms. The molecule has 1 fully saturated rings. The van der Waals surface area contributed by atoms with Gasteiger partial charge in [0, 0.05) is 32.6 Å². The van der Waals surface area contributed by atoms with Crippen LogP contribution in [0.3, 0.4) is 0 Å². The fourth-order valence-corrected chi connectivity index (χ4v) is 3.84. The van der Waals surface area contributed by atoms with Crippen molar-refractivity contribution in [2.75, 3.05) is 37.8 Å². The predicted molar refractivity (Wildman–Crippen MR) is 112 cm³/mol. The number of benzene rings is 1. The number of nitrogens with zero attached hydrogens (tertiary/aromatic N) is 5. The molecule has 1 aliphatic rings. The van der Waals surface area contributed by atoms with E-state index in [2.05, 4.69) is 10.3 Å². The van der Waals surface area contributed by atoms with Gasteiger partial charge in [0.15, 0.2) is 18.4 Å². The van der Waals surface area contributed by atoms with Crippen molar-refractivity contribution in [3.8, 4) is 6.07 Å². The van der Waals surface area contributed by atoms with Gasteiger partial charge in [0.1, 0.15) is 17.1 Å². The molecule has 2 heterocycles. The predicted octanol–water partition coefficient (Wildman–Crippen LogP) is 2.52. The first-order valence-electron chi connectivity index (χ1n) is 9.28. The molecule has 2 aromatic rings.